The molecule has 0 radical (unpaired) electrons. The molecule has 4 heteroatoms. The highest BCUT2D eigenvalue weighted by Gasteiger charge is 2.18. The second-order valence-electron chi connectivity index (χ2n) is 6.68. The minimum atomic E-state index is -0.0641. The van der Waals surface area contributed by atoms with Gasteiger partial charge in [-0.25, -0.2) is 9.97 Å². The van der Waals surface area contributed by atoms with Crippen LogP contribution in [0.4, 0.5) is 23.0 Å². The first kappa shape index (κ1) is 16.0. The van der Waals surface area contributed by atoms with Gasteiger partial charge >= 0.3 is 0 Å². The van der Waals surface area contributed by atoms with Crippen LogP contribution in [0.3, 0.4) is 0 Å². The van der Waals surface area contributed by atoms with Crippen LogP contribution in [0.1, 0.15) is 26.5 Å². The minimum Gasteiger partial charge on any atom is -0.337 e. The van der Waals surface area contributed by atoms with Gasteiger partial charge < -0.3 is 10.6 Å². The number of rotatable bonds is 4. The van der Waals surface area contributed by atoms with Gasteiger partial charge in [-0.3, -0.25) is 0 Å². The topological polar surface area (TPSA) is 49.8 Å². The van der Waals surface area contributed by atoms with Gasteiger partial charge in [0.1, 0.15) is 0 Å². The molecular weight excluding hydrogens is 296 g/mol. The number of anilines is 4. The van der Waals surface area contributed by atoms with Crippen molar-refractivity contribution in [2.24, 2.45) is 0 Å². The van der Waals surface area contributed by atoms with E-state index >= 15 is 0 Å². The standard InChI is InChI=1S/C20H22N4/c1-20(2,3)17-14-21-18(22-15-10-6-4-7-11-15)19(24-17)23-16-12-8-5-9-13-16/h4-14H,1-3H3,(H,21,22)(H,23,24). The Morgan fingerprint density at radius 1 is 0.708 bits per heavy atom. The maximum atomic E-state index is 4.80. The van der Waals surface area contributed by atoms with Crippen LogP contribution in [0, 0.1) is 0 Å². The van der Waals surface area contributed by atoms with Crippen molar-refractivity contribution in [1.29, 1.82) is 0 Å². The highest BCUT2D eigenvalue weighted by atomic mass is 15.1. The number of para-hydroxylation sites is 2. The molecular formula is C20H22N4. The maximum absolute atomic E-state index is 4.80. The van der Waals surface area contributed by atoms with Gasteiger partial charge in [-0.2, -0.15) is 0 Å². The van der Waals surface area contributed by atoms with Gasteiger partial charge in [0.15, 0.2) is 11.6 Å². The Kier molecular flexibility index (Phi) is 4.47. The first-order valence-electron chi connectivity index (χ1n) is 8.04. The predicted molar refractivity (Wildman–Crippen MR) is 100 cm³/mol. The number of hydrogen-bond acceptors (Lipinski definition) is 4. The highest BCUT2D eigenvalue weighted by molar-refractivity contribution is 5.72. The van der Waals surface area contributed by atoms with Gasteiger partial charge in [-0.1, -0.05) is 57.2 Å². The lowest BCUT2D eigenvalue weighted by Gasteiger charge is -2.20. The van der Waals surface area contributed by atoms with Crippen molar-refractivity contribution < 1.29 is 0 Å². The third kappa shape index (κ3) is 3.90. The van der Waals surface area contributed by atoms with Gasteiger partial charge in [0, 0.05) is 16.8 Å². The Bertz CT molecular complexity index is 793. The van der Waals surface area contributed by atoms with Crippen LogP contribution in [0.5, 0.6) is 0 Å². The molecule has 3 aromatic rings. The third-order valence-corrected chi connectivity index (χ3v) is 3.61. The molecule has 24 heavy (non-hydrogen) atoms. The van der Waals surface area contributed by atoms with Gasteiger partial charge in [0.05, 0.1) is 11.9 Å². The molecule has 0 aliphatic carbocycles. The summed E-state index contributed by atoms with van der Waals surface area (Å²) in [5.41, 5.74) is 2.84. The Morgan fingerprint density at radius 3 is 1.71 bits per heavy atom. The molecule has 0 fully saturated rings. The predicted octanol–water partition coefficient (Wildman–Crippen LogP) is 5.26. The molecule has 1 aromatic heterocycles. The zero-order chi connectivity index (χ0) is 17.0. The van der Waals surface area contributed by atoms with Crippen LogP contribution in [0.2, 0.25) is 0 Å². The van der Waals surface area contributed by atoms with Gasteiger partial charge in [-0.05, 0) is 24.3 Å². The Labute approximate surface area is 143 Å². The fraction of sp³-hybridized carbons (Fsp3) is 0.200. The molecule has 3 rings (SSSR count). The second kappa shape index (κ2) is 6.71. The lowest BCUT2D eigenvalue weighted by atomic mass is 9.93. The van der Waals surface area contributed by atoms with Crippen molar-refractivity contribution in [2.45, 2.75) is 26.2 Å². The summed E-state index contributed by atoms with van der Waals surface area (Å²) in [5.74, 6) is 1.43. The first-order chi connectivity index (χ1) is 11.5. The number of hydrogen-bond donors (Lipinski definition) is 2. The lowest BCUT2D eigenvalue weighted by molar-refractivity contribution is 0.567. The normalized spacial score (nSPS) is 11.1. The summed E-state index contributed by atoms with van der Waals surface area (Å²) in [6.07, 6.45) is 1.83. The van der Waals surface area contributed by atoms with Crippen molar-refractivity contribution in [3.8, 4) is 0 Å². The van der Waals surface area contributed by atoms with Crippen LogP contribution >= 0.6 is 0 Å². The van der Waals surface area contributed by atoms with Crippen molar-refractivity contribution in [3.05, 3.63) is 72.6 Å². The fourth-order valence-electron chi connectivity index (χ4n) is 2.25. The Balaban J connectivity index is 1.97. The quantitative estimate of drug-likeness (QED) is 0.689. The van der Waals surface area contributed by atoms with E-state index in [-0.39, 0.29) is 5.41 Å². The first-order valence-corrected chi connectivity index (χ1v) is 8.04. The number of nitrogens with one attached hydrogen (secondary N) is 2. The Hall–Kier alpha value is -2.88. The summed E-state index contributed by atoms with van der Waals surface area (Å²) in [4.78, 5) is 9.40. The van der Waals surface area contributed by atoms with Crippen LogP contribution < -0.4 is 10.6 Å². The molecule has 0 aliphatic heterocycles. The molecule has 0 amide bonds. The van der Waals surface area contributed by atoms with E-state index in [1.807, 2.05) is 66.9 Å². The molecule has 4 nitrogen and oxygen atoms in total. The van der Waals surface area contributed by atoms with Crippen molar-refractivity contribution in [3.63, 3.8) is 0 Å². The fourth-order valence-corrected chi connectivity index (χ4v) is 2.25. The molecule has 0 bridgehead atoms. The molecule has 122 valence electrons. The molecule has 2 N–H and O–H groups in total. The molecule has 1 heterocycles. The van der Waals surface area contributed by atoms with Crippen LogP contribution in [-0.4, -0.2) is 9.97 Å². The van der Waals surface area contributed by atoms with E-state index in [9.17, 15) is 0 Å². The van der Waals surface area contributed by atoms with E-state index in [0.29, 0.717) is 5.82 Å². The molecule has 0 saturated heterocycles. The van der Waals surface area contributed by atoms with E-state index in [0.717, 1.165) is 22.9 Å². The summed E-state index contributed by atoms with van der Waals surface area (Å²) in [5, 5.41) is 6.70. The highest BCUT2D eigenvalue weighted by Crippen LogP contribution is 2.28. The van der Waals surface area contributed by atoms with Gasteiger partial charge in [-0.15, -0.1) is 0 Å². The average molecular weight is 318 g/mol. The van der Waals surface area contributed by atoms with Crippen LogP contribution in [0.25, 0.3) is 0 Å². The SMILES string of the molecule is CC(C)(C)c1cnc(Nc2ccccc2)c(Nc2ccccc2)n1. The number of nitrogens with zero attached hydrogens (tertiary/aromatic N) is 2. The zero-order valence-electron chi connectivity index (χ0n) is 14.2. The van der Waals surface area contributed by atoms with E-state index in [2.05, 4.69) is 36.4 Å². The molecule has 0 aliphatic rings. The van der Waals surface area contributed by atoms with Gasteiger partial charge in [0.25, 0.3) is 0 Å². The summed E-state index contributed by atoms with van der Waals surface area (Å²) >= 11 is 0. The van der Waals surface area contributed by atoms with Crippen molar-refractivity contribution >= 4 is 23.0 Å². The second-order valence-corrected chi connectivity index (χ2v) is 6.68. The smallest absolute Gasteiger partial charge is 0.174 e. The number of benzene rings is 2. The van der Waals surface area contributed by atoms with Crippen molar-refractivity contribution in [2.75, 3.05) is 10.6 Å². The molecule has 2 aromatic carbocycles. The van der Waals surface area contributed by atoms with E-state index in [4.69, 9.17) is 4.98 Å². The van der Waals surface area contributed by atoms with Crippen LogP contribution in [0.15, 0.2) is 66.9 Å². The monoisotopic (exact) mass is 318 g/mol. The molecule has 0 saturated carbocycles. The zero-order valence-corrected chi connectivity index (χ0v) is 14.2. The van der Waals surface area contributed by atoms with E-state index in [1.165, 1.54) is 0 Å². The molecule has 0 spiro atoms. The van der Waals surface area contributed by atoms with Crippen molar-refractivity contribution in [1.82, 2.24) is 9.97 Å². The lowest BCUT2D eigenvalue weighted by Crippen LogP contribution is -2.16. The maximum Gasteiger partial charge on any atom is 0.174 e. The van der Waals surface area contributed by atoms with Gasteiger partial charge in [0.2, 0.25) is 0 Å². The summed E-state index contributed by atoms with van der Waals surface area (Å²) in [6, 6.07) is 20.0. The third-order valence-electron chi connectivity index (χ3n) is 3.61. The van der Waals surface area contributed by atoms with E-state index in [1.54, 1.807) is 0 Å². The Morgan fingerprint density at radius 2 is 1.21 bits per heavy atom. The number of aromatic nitrogens is 2. The summed E-state index contributed by atoms with van der Waals surface area (Å²) in [6.45, 7) is 6.40. The van der Waals surface area contributed by atoms with E-state index < -0.39 is 0 Å². The molecule has 0 atom stereocenters. The summed E-state index contributed by atoms with van der Waals surface area (Å²) in [7, 11) is 0. The largest absolute Gasteiger partial charge is 0.337 e. The molecule has 0 unspecified atom stereocenters. The van der Waals surface area contributed by atoms with Crippen LogP contribution in [-0.2, 0) is 5.41 Å². The summed E-state index contributed by atoms with van der Waals surface area (Å²) < 4.78 is 0. The average Bonchev–Trinajstić information content (AvgIpc) is 2.57. The minimum absolute atomic E-state index is 0.0641.